The minimum absolute atomic E-state index is 0.218. The number of benzene rings is 2. The van der Waals surface area contributed by atoms with Gasteiger partial charge in [-0.25, -0.2) is 9.79 Å². The van der Waals surface area contributed by atoms with E-state index in [0.717, 1.165) is 17.5 Å². The third-order valence-electron chi connectivity index (χ3n) is 6.65. The first-order chi connectivity index (χ1) is 19.3. The summed E-state index contributed by atoms with van der Waals surface area (Å²) in [6, 6.07) is 13.0. The molecule has 3 aromatic rings. The van der Waals surface area contributed by atoms with Gasteiger partial charge in [0, 0.05) is 0 Å². The molecule has 0 aliphatic carbocycles. The predicted octanol–water partition coefficient (Wildman–Crippen LogP) is 5.28. The topological polar surface area (TPSA) is 79.1 Å². The van der Waals surface area contributed by atoms with Crippen LogP contribution in [0, 0.1) is 0 Å². The number of hydrogen-bond donors (Lipinski definition) is 0. The maximum atomic E-state index is 14.0. The number of aromatic nitrogens is 1. The molecule has 0 amide bonds. The minimum Gasteiger partial charge on any atom is -0.493 e. The number of nitrogens with zero attached hydrogens (tertiary/aromatic N) is 2. The number of rotatable bonds is 11. The lowest BCUT2D eigenvalue weighted by Crippen LogP contribution is -2.40. The van der Waals surface area contributed by atoms with Crippen LogP contribution in [0.2, 0.25) is 0 Å². The summed E-state index contributed by atoms with van der Waals surface area (Å²) in [5.41, 5.74) is 3.67. The molecule has 7 nitrogen and oxygen atoms in total. The Morgan fingerprint density at radius 1 is 1.15 bits per heavy atom. The molecule has 4 rings (SSSR count). The number of carbonyl (C=O) groups is 1. The molecule has 2 heterocycles. The van der Waals surface area contributed by atoms with Crippen molar-refractivity contribution in [2.45, 2.75) is 52.5 Å². The normalized spacial score (nSPS) is 15.1. The zero-order valence-corrected chi connectivity index (χ0v) is 24.5. The van der Waals surface area contributed by atoms with Gasteiger partial charge in [0.1, 0.15) is 6.61 Å². The number of methoxy groups -OCH3 is 1. The highest BCUT2D eigenvalue weighted by Crippen LogP contribution is 2.33. The molecule has 0 fully saturated rings. The summed E-state index contributed by atoms with van der Waals surface area (Å²) in [5, 5.41) is 0. The molecule has 1 aliphatic rings. The van der Waals surface area contributed by atoms with Gasteiger partial charge in [0.15, 0.2) is 16.3 Å². The Balaban J connectivity index is 1.91. The van der Waals surface area contributed by atoms with Crippen LogP contribution in [-0.2, 0) is 9.53 Å². The summed E-state index contributed by atoms with van der Waals surface area (Å²) in [5.74, 6) is 1.06. The number of carbonyl (C=O) groups excluding carboxylic acids is 1. The van der Waals surface area contributed by atoms with Gasteiger partial charge >= 0.3 is 5.97 Å². The van der Waals surface area contributed by atoms with Crippen LogP contribution in [0.25, 0.3) is 6.08 Å². The van der Waals surface area contributed by atoms with Gasteiger partial charge < -0.3 is 14.2 Å². The average molecular weight is 561 g/mol. The van der Waals surface area contributed by atoms with Gasteiger partial charge in [-0.3, -0.25) is 9.36 Å². The number of fused-ring (bicyclic) bond motifs is 1. The van der Waals surface area contributed by atoms with Crippen LogP contribution in [-0.4, -0.2) is 30.9 Å². The second kappa shape index (κ2) is 13.0. The largest absolute Gasteiger partial charge is 0.493 e. The average Bonchev–Trinajstić information content (AvgIpc) is 3.25. The molecule has 1 atom stereocenters. The molecule has 1 aromatic heterocycles. The summed E-state index contributed by atoms with van der Waals surface area (Å²) in [7, 11) is 1.57. The fourth-order valence-electron chi connectivity index (χ4n) is 4.69. The van der Waals surface area contributed by atoms with Crippen molar-refractivity contribution in [1.82, 2.24) is 4.57 Å². The third kappa shape index (κ3) is 5.97. The monoisotopic (exact) mass is 560 g/mol. The highest BCUT2D eigenvalue weighted by molar-refractivity contribution is 7.07. The molecule has 0 N–H and O–H groups in total. The molecule has 0 unspecified atom stereocenters. The lowest BCUT2D eigenvalue weighted by molar-refractivity contribution is -0.139. The maximum Gasteiger partial charge on any atom is 0.338 e. The van der Waals surface area contributed by atoms with Crippen molar-refractivity contribution in [2.75, 3.05) is 20.3 Å². The Morgan fingerprint density at radius 2 is 1.90 bits per heavy atom. The van der Waals surface area contributed by atoms with E-state index in [1.54, 1.807) is 24.7 Å². The van der Waals surface area contributed by atoms with Crippen LogP contribution in [0.1, 0.15) is 69.2 Å². The second-order valence-corrected chi connectivity index (χ2v) is 10.8. The third-order valence-corrected chi connectivity index (χ3v) is 7.64. The van der Waals surface area contributed by atoms with Crippen molar-refractivity contribution in [3.63, 3.8) is 0 Å². The van der Waals surface area contributed by atoms with Gasteiger partial charge in [-0.15, -0.1) is 0 Å². The Bertz CT molecular complexity index is 1600. The summed E-state index contributed by atoms with van der Waals surface area (Å²) < 4.78 is 18.8. The van der Waals surface area contributed by atoms with Gasteiger partial charge in [0.2, 0.25) is 0 Å². The maximum absolute atomic E-state index is 14.0. The Hall–Kier alpha value is -3.91. The fraction of sp³-hybridized carbons (Fsp3) is 0.344. The van der Waals surface area contributed by atoms with Gasteiger partial charge in [-0.05, 0) is 54.2 Å². The van der Waals surface area contributed by atoms with Crippen molar-refractivity contribution in [1.29, 1.82) is 0 Å². The zero-order chi connectivity index (χ0) is 28.8. The summed E-state index contributed by atoms with van der Waals surface area (Å²) in [4.78, 5) is 32.7. The first kappa shape index (κ1) is 29.1. The van der Waals surface area contributed by atoms with Gasteiger partial charge in [0.25, 0.3) is 5.56 Å². The Morgan fingerprint density at radius 3 is 2.52 bits per heavy atom. The van der Waals surface area contributed by atoms with Crippen LogP contribution in [0.5, 0.6) is 11.5 Å². The number of thiazole rings is 1. The van der Waals surface area contributed by atoms with Crippen molar-refractivity contribution in [3.8, 4) is 11.5 Å². The van der Waals surface area contributed by atoms with Crippen LogP contribution < -0.4 is 24.4 Å². The van der Waals surface area contributed by atoms with E-state index in [1.165, 1.54) is 16.9 Å². The molecule has 0 spiro atoms. The molecule has 1 aliphatic heterocycles. The van der Waals surface area contributed by atoms with Crippen LogP contribution in [0.15, 0.2) is 76.2 Å². The number of esters is 1. The Kier molecular flexibility index (Phi) is 9.42. The first-order valence-corrected chi connectivity index (χ1v) is 14.4. The number of ether oxygens (including phenoxy) is 3. The molecule has 0 saturated heterocycles. The van der Waals surface area contributed by atoms with E-state index in [1.807, 2.05) is 43.3 Å². The SMILES string of the molecule is C=CCOc1ccc(/C=c2\sc3n(c2=O)[C@@H](c2ccc(C(C)C)cc2)C(C(=O)OCC)=C(CCC)N=3)cc1OC. The second-order valence-electron chi connectivity index (χ2n) is 9.74. The molecule has 2 aromatic carbocycles. The Labute approximate surface area is 238 Å². The standard InChI is InChI=1S/C32H36N2O5S/c1-7-10-24-28(31(36)38-9-3)29(23-14-12-22(13-15-23)20(4)5)34-30(35)27(40-32(34)33-24)19-21-11-16-25(39-17-8-2)26(18-21)37-6/h8,11-16,18-20,29H,2,7,9-10,17H2,1,3-6H3/b27-19-/t29-/m0/s1. The fourth-order valence-corrected chi connectivity index (χ4v) is 5.71. The zero-order valence-electron chi connectivity index (χ0n) is 23.7. The van der Waals surface area contributed by atoms with Crippen LogP contribution in [0.3, 0.4) is 0 Å². The van der Waals surface area contributed by atoms with E-state index in [-0.39, 0.29) is 12.2 Å². The summed E-state index contributed by atoms with van der Waals surface area (Å²) >= 11 is 1.31. The number of allylic oxidation sites excluding steroid dienone is 1. The molecule has 210 valence electrons. The van der Waals surface area contributed by atoms with E-state index < -0.39 is 12.0 Å². The van der Waals surface area contributed by atoms with Crippen LogP contribution >= 0.6 is 11.3 Å². The summed E-state index contributed by atoms with van der Waals surface area (Å²) in [6.07, 6.45) is 4.88. The highest BCUT2D eigenvalue weighted by atomic mass is 32.1. The molecule has 0 saturated carbocycles. The van der Waals surface area contributed by atoms with Crippen molar-refractivity contribution < 1.29 is 19.0 Å². The summed E-state index contributed by atoms with van der Waals surface area (Å²) in [6.45, 7) is 12.4. The van der Waals surface area contributed by atoms with Crippen molar-refractivity contribution in [3.05, 3.63) is 103 Å². The molecular formula is C32H36N2O5S. The molecule has 8 heteroatoms. The lowest BCUT2D eigenvalue weighted by Gasteiger charge is -2.26. The van der Waals surface area contributed by atoms with Gasteiger partial charge in [-0.2, -0.15) is 0 Å². The first-order valence-electron chi connectivity index (χ1n) is 13.6. The van der Waals surface area contributed by atoms with E-state index >= 15 is 0 Å². The van der Waals surface area contributed by atoms with E-state index in [2.05, 4.69) is 32.6 Å². The molecule has 40 heavy (non-hydrogen) atoms. The molecular weight excluding hydrogens is 524 g/mol. The smallest absolute Gasteiger partial charge is 0.338 e. The van der Waals surface area contributed by atoms with Crippen molar-refractivity contribution in [2.24, 2.45) is 4.99 Å². The highest BCUT2D eigenvalue weighted by Gasteiger charge is 2.34. The quantitative estimate of drug-likeness (QED) is 0.236. The minimum atomic E-state index is -0.635. The van der Waals surface area contributed by atoms with Gasteiger partial charge in [0.05, 0.1) is 35.6 Å². The van der Waals surface area contributed by atoms with E-state index in [0.29, 0.717) is 51.0 Å². The number of hydrogen-bond acceptors (Lipinski definition) is 7. The van der Waals surface area contributed by atoms with E-state index in [9.17, 15) is 9.59 Å². The van der Waals surface area contributed by atoms with Crippen molar-refractivity contribution >= 4 is 23.4 Å². The van der Waals surface area contributed by atoms with Crippen LogP contribution in [0.4, 0.5) is 0 Å². The lowest BCUT2D eigenvalue weighted by atomic mass is 9.92. The molecule has 0 bridgehead atoms. The van der Waals surface area contributed by atoms with E-state index in [4.69, 9.17) is 19.2 Å². The van der Waals surface area contributed by atoms with Gasteiger partial charge in [-0.1, -0.05) is 81.5 Å². The molecule has 0 radical (unpaired) electrons. The predicted molar refractivity (Wildman–Crippen MR) is 159 cm³/mol.